The minimum Gasteiger partial charge on any atom is -0.355 e. The molecule has 0 spiro atoms. The predicted octanol–water partition coefficient (Wildman–Crippen LogP) is 1.37. The van der Waals surface area contributed by atoms with Crippen LogP contribution in [0.15, 0.2) is 39.6 Å². The second kappa shape index (κ2) is 7.21. The van der Waals surface area contributed by atoms with Gasteiger partial charge < -0.3 is 9.84 Å². The fraction of sp³-hybridized carbons (Fsp3) is 0.188. The van der Waals surface area contributed by atoms with Crippen LogP contribution in [0.4, 0.5) is 8.78 Å². The molecule has 134 valence electrons. The van der Waals surface area contributed by atoms with E-state index in [1.54, 1.807) is 6.92 Å². The van der Waals surface area contributed by atoms with Crippen LogP contribution in [-0.2, 0) is 11.3 Å². The Kier molecular flexibility index (Phi) is 4.83. The van der Waals surface area contributed by atoms with Crippen molar-refractivity contribution in [2.45, 2.75) is 13.5 Å². The number of hydrogen-bond acceptors (Lipinski definition) is 6. The number of hydrogen-bond donors (Lipinski definition) is 1. The van der Waals surface area contributed by atoms with Gasteiger partial charge in [-0.15, -0.1) is 0 Å². The third-order valence-corrected chi connectivity index (χ3v) is 3.30. The van der Waals surface area contributed by atoms with Crippen molar-refractivity contribution in [3.8, 4) is 23.0 Å². The number of likely N-dealkylation sites (N-methyl/N-ethyl adjacent to an activating group) is 1. The number of carbonyl (C=O) groups is 1. The molecule has 1 amide bonds. The zero-order valence-electron chi connectivity index (χ0n) is 13.6. The van der Waals surface area contributed by atoms with E-state index in [9.17, 15) is 18.4 Å². The lowest BCUT2D eigenvalue weighted by atomic mass is 10.2. The Hall–Kier alpha value is -3.43. The van der Waals surface area contributed by atoms with Crippen LogP contribution in [0.3, 0.4) is 0 Å². The van der Waals surface area contributed by atoms with Crippen LogP contribution in [0.25, 0.3) is 23.0 Å². The lowest BCUT2D eigenvalue weighted by molar-refractivity contribution is -0.121. The highest BCUT2D eigenvalue weighted by molar-refractivity contribution is 5.75. The van der Waals surface area contributed by atoms with Gasteiger partial charge in [-0.05, 0) is 25.1 Å². The quantitative estimate of drug-likeness (QED) is 0.736. The normalized spacial score (nSPS) is 10.7. The molecule has 10 heteroatoms. The summed E-state index contributed by atoms with van der Waals surface area (Å²) in [7, 11) is 0. The van der Waals surface area contributed by atoms with Crippen molar-refractivity contribution in [2.24, 2.45) is 0 Å². The van der Waals surface area contributed by atoms with Crippen LogP contribution in [0, 0.1) is 11.6 Å². The average molecular weight is 361 g/mol. The number of nitrogens with one attached hydrogen (secondary N) is 1. The van der Waals surface area contributed by atoms with E-state index >= 15 is 0 Å². The third kappa shape index (κ3) is 3.79. The van der Waals surface area contributed by atoms with Crippen LogP contribution in [-0.4, -0.2) is 32.4 Å². The predicted molar refractivity (Wildman–Crippen MR) is 85.8 cm³/mol. The maximum Gasteiger partial charge on any atom is 0.278 e. The molecular formula is C16H13F2N5O3. The summed E-state index contributed by atoms with van der Waals surface area (Å²) in [6.07, 6.45) is 0. The molecule has 0 aliphatic carbocycles. The number of rotatable bonds is 5. The van der Waals surface area contributed by atoms with Gasteiger partial charge in [0.25, 0.3) is 11.4 Å². The highest BCUT2D eigenvalue weighted by atomic mass is 19.1. The first-order valence-corrected chi connectivity index (χ1v) is 7.61. The molecule has 1 N–H and O–H groups in total. The molecule has 0 atom stereocenters. The molecule has 8 nitrogen and oxygen atoms in total. The summed E-state index contributed by atoms with van der Waals surface area (Å²) in [6.45, 7) is 1.90. The molecule has 2 aromatic heterocycles. The van der Waals surface area contributed by atoms with Crippen molar-refractivity contribution in [3.63, 3.8) is 0 Å². The number of nitrogens with zero attached hydrogens (tertiary/aromatic N) is 4. The number of halogens is 2. The molecule has 0 aliphatic heterocycles. The van der Waals surface area contributed by atoms with E-state index in [-0.39, 0.29) is 35.4 Å². The Morgan fingerprint density at radius 3 is 2.65 bits per heavy atom. The van der Waals surface area contributed by atoms with Gasteiger partial charge in [-0.25, -0.2) is 13.5 Å². The molecule has 26 heavy (non-hydrogen) atoms. The van der Waals surface area contributed by atoms with Gasteiger partial charge in [0.1, 0.15) is 23.9 Å². The van der Waals surface area contributed by atoms with E-state index in [0.29, 0.717) is 6.54 Å². The SMILES string of the molecule is CCNC(=O)Cn1nc(-c2nc(-c3cc(F)cc(F)c3)no2)ccc1=O. The Bertz CT molecular complexity index is 995. The Morgan fingerprint density at radius 2 is 1.96 bits per heavy atom. The van der Waals surface area contributed by atoms with E-state index < -0.39 is 17.2 Å². The standard InChI is InChI=1S/C16H13F2N5O3/c1-2-19-13(24)8-23-14(25)4-3-12(21-23)16-20-15(22-26-16)9-5-10(17)7-11(18)6-9/h3-7H,2,8H2,1H3,(H,19,24). The van der Waals surface area contributed by atoms with Crippen molar-refractivity contribution >= 4 is 5.91 Å². The van der Waals surface area contributed by atoms with Gasteiger partial charge >= 0.3 is 0 Å². The van der Waals surface area contributed by atoms with Gasteiger partial charge in [0.05, 0.1) is 0 Å². The lowest BCUT2D eigenvalue weighted by Gasteiger charge is -2.05. The lowest BCUT2D eigenvalue weighted by Crippen LogP contribution is -2.33. The van der Waals surface area contributed by atoms with E-state index in [1.807, 2.05) is 0 Å². The number of aromatic nitrogens is 4. The van der Waals surface area contributed by atoms with Crippen LogP contribution >= 0.6 is 0 Å². The zero-order valence-corrected chi connectivity index (χ0v) is 13.6. The number of carbonyl (C=O) groups excluding carboxylic acids is 1. The second-order valence-corrected chi connectivity index (χ2v) is 5.25. The van der Waals surface area contributed by atoms with Crippen LogP contribution < -0.4 is 10.9 Å². The van der Waals surface area contributed by atoms with Gasteiger partial charge in [0.2, 0.25) is 11.7 Å². The van der Waals surface area contributed by atoms with Gasteiger partial charge in [0, 0.05) is 24.2 Å². The summed E-state index contributed by atoms with van der Waals surface area (Å²) in [5, 5.41) is 10.2. The Labute approximate surface area is 145 Å². The fourth-order valence-corrected chi connectivity index (χ4v) is 2.19. The zero-order chi connectivity index (χ0) is 18.7. The summed E-state index contributed by atoms with van der Waals surface area (Å²) in [6, 6.07) is 5.39. The molecule has 0 radical (unpaired) electrons. The summed E-state index contributed by atoms with van der Waals surface area (Å²) in [4.78, 5) is 27.5. The van der Waals surface area contributed by atoms with Gasteiger partial charge in [-0.3, -0.25) is 9.59 Å². The highest BCUT2D eigenvalue weighted by Crippen LogP contribution is 2.22. The molecule has 0 saturated heterocycles. The molecule has 1 aromatic carbocycles. The average Bonchev–Trinajstić information content (AvgIpc) is 3.06. The van der Waals surface area contributed by atoms with Crippen LogP contribution in [0.2, 0.25) is 0 Å². The fourth-order valence-electron chi connectivity index (χ4n) is 2.19. The topological polar surface area (TPSA) is 103 Å². The van der Waals surface area contributed by atoms with E-state index in [0.717, 1.165) is 22.9 Å². The molecule has 3 rings (SSSR count). The van der Waals surface area contributed by atoms with Crippen molar-refractivity contribution in [3.05, 3.63) is 52.3 Å². The van der Waals surface area contributed by atoms with Crippen molar-refractivity contribution in [1.29, 1.82) is 0 Å². The number of amides is 1. The second-order valence-electron chi connectivity index (χ2n) is 5.25. The summed E-state index contributed by atoms with van der Waals surface area (Å²) in [5.41, 5.74) is -0.246. The highest BCUT2D eigenvalue weighted by Gasteiger charge is 2.15. The minimum atomic E-state index is -0.778. The molecule has 0 bridgehead atoms. The van der Waals surface area contributed by atoms with Crippen LogP contribution in [0.5, 0.6) is 0 Å². The molecule has 0 aliphatic rings. The van der Waals surface area contributed by atoms with Crippen LogP contribution in [0.1, 0.15) is 6.92 Å². The monoisotopic (exact) mass is 361 g/mol. The molecule has 3 aromatic rings. The van der Waals surface area contributed by atoms with Crippen molar-refractivity contribution in [1.82, 2.24) is 25.2 Å². The van der Waals surface area contributed by atoms with Gasteiger partial charge in [-0.1, -0.05) is 5.16 Å². The summed E-state index contributed by atoms with van der Waals surface area (Å²) < 4.78 is 32.6. The summed E-state index contributed by atoms with van der Waals surface area (Å²) in [5.74, 6) is -2.03. The first-order chi connectivity index (χ1) is 12.5. The maximum atomic E-state index is 13.3. The van der Waals surface area contributed by atoms with E-state index in [2.05, 4.69) is 20.6 Å². The van der Waals surface area contributed by atoms with E-state index in [4.69, 9.17) is 4.52 Å². The first kappa shape index (κ1) is 17.4. The first-order valence-electron chi connectivity index (χ1n) is 7.61. The largest absolute Gasteiger partial charge is 0.355 e. The third-order valence-electron chi connectivity index (χ3n) is 3.30. The minimum absolute atomic E-state index is 0.0401. The maximum absolute atomic E-state index is 13.3. The van der Waals surface area contributed by atoms with Gasteiger partial charge in [-0.2, -0.15) is 10.1 Å². The molecule has 0 fully saturated rings. The number of benzene rings is 1. The smallest absolute Gasteiger partial charge is 0.278 e. The van der Waals surface area contributed by atoms with E-state index in [1.165, 1.54) is 12.1 Å². The molecular weight excluding hydrogens is 348 g/mol. The molecule has 2 heterocycles. The summed E-state index contributed by atoms with van der Waals surface area (Å²) >= 11 is 0. The Balaban J connectivity index is 1.92. The molecule has 0 unspecified atom stereocenters. The molecule has 0 saturated carbocycles. The van der Waals surface area contributed by atoms with Crippen molar-refractivity contribution < 1.29 is 18.1 Å². The Morgan fingerprint density at radius 1 is 1.23 bits per heavy atom. The van der Waals surface area contributed by atoms with Crippen molar-refractivity contribution in [2.75, 3.05) is 6.54 Å². The van der Waals surface area contributed by atoms with Gasteiger partial charge in [0.15, 0.2) is 0 Å².